The molecule has 2 aromatic rings. The van der Waals surface area contributed by atoms with Gasteiger partial charge in [0, 0.05) is 40.3 Å². The molecule has 0 aliphatic carbocycles. The van der Waals surface area contributed by atoms with E-state index in [2.05, 4.69) is 28.1 Å². The predicted octanol–water partition coefficient (Wildman–Crippen LogP) is 1.55. The van der Waals surface area contributed by atoms with Gasteiger partial charge >= 0.3 is 0 Å². The summed E-state index contributed by atoms with van der Waals surface area (Å²) in [6.45, 7) is 6.20. The number of hydrogen-bond donors (Lipinski definition) is 1. The number of fused-ring (bicyclic) bond motifs is 1. The van der Waals surface area contributed by atoms with Crippen molar-refractivity contribution >= 4 is 17.7 Å². The Balaban J connectivity index is 1.73. The van der Waals surface area contributed by atoms with E-state index in [0.717, 1.165) is 37.7 Å². The summed E-state index contributed by atoms with van der Waals surface area (Å²) >= 11 is 0. The molecule has 0 atom stereocenters. The molecule has 1 aromatic heterocycles. The first kappa shape index (κ1) is 20.6. The maximum atomic E-state index is 9.48. The largest absolute Gasteiger partial charge is 0.353 e. The summed E-state index contributed by atoms with van der Waals surface area (Å²) in [5, 5.41) is 14.6. The lowest BCUT2D eigenvalue weighted by Crippen LogP contribution is -2.45. The fourth-order valence-corrected chi connectivity index (χ4v) is 3.63. The van der Waals surface area contributed by atoms with E-state index < -0.39 is 0 Å². The lowest BCUT2D eigenvalue weighted by atomic mass is 10.1. The standard InChI is InChI=1S/C22H26N8O/c1-4-5-12-29-20-19(26-22(29)28-13-10-24-11-14-28)25-21(27(2)3)30(31-20)16-18-9-7-6-8-17(18)15-23/h6-9,24H,10-14,16H2,1-3H3. The number of nitriles is 1. The van der Waals surface area contributed by atoms with Crippen LogP contribution in [0, 0.1) is 23.2 Å². The molecule has 3 heterocycles. The van der Waals surface area contributed by atoms with Gasteiger partial charge in [-0.1, -0.05) is 24.1 Å². The molecule has 0 amide bonds. The van der Waals surface area contributed by atoms with E-state index in [1.807, 2.05) is 48.7 Å². The molecule has 9 nitrogen and oxygen atoms in total. The van der Waals surface area contributed by atoms with Gasteiger partial charge in [0.05, 0.1) is 24.7 Å². The molecule has 1 saturated heterocycles. The van der Waals surface area contributed by atoms with Crippen molar-refractivity contribution in [1.29, 1.82) is 5.26 Å². The summed E-state index contributed by atoms with van der Waals surface area (Å²) < 4.78 is 1.98. The molecule has 1 fully saturated rings. The Hall–Kier alpha value is -3.69. The van der Waals surface area contributed by atoms with Gasteiger partial charge in [-0.15, -0.1) is 5.92 Å². The monoisotopic (exact) mass is 418 g/mol. The molecule has 1 aromatic carbocycles. The molecule has 2 aliphatic heterocycles. The molecule has 2 aliphatic rings. The van der Waals surface area contributed by atoms with Crippen molar-refractivity contribution in [3.8, 4) is 23.8 Å². The Morgan fingerprint density at radius 2 is 2.00 bits per heavy atom. The van der Waals surface area contributed by atoms with Crippen LogP contribution in [0.2, 0.25) is 0 Å². The highest BCUT2D eigenvalue weighted by molar-refractivity contribution is 5.83. The first-order valence-electron chi connectivity index (χ1n) is 10.3. The average Bonchev–Trinajstić information content (AvgIpc) is 3.15. The summed E-state index contributed by atoms with van der Waals surface area (Å²) in [5.74, 6) is 8.63. The highest BCUT2D eigenvalue weighted by Crippen LogP contribution is 2.37. The van der Waals surface area contributed by atoms with Crippen molar-refractivity contribution in [3.63, 3.8) is 0 Å². The SMILES string of the molecule is CC#CCn1c(N2CCNCC2)nc2c1ON(Cc1ccccc1C#N)C(N(C)C)=N2. The summed E-state index contributed by atoms with van der Waals surface area (Å²) in [4.78, 5) is 20.1. The van der Waals surface area contributed by atoms with Crippen molar-refractivity contribution in [1.82, 2.24) is 24.8 Å². The fraction of sp³-hybridized carbons (Fsp3) is 0.409. The zero-order chi connectivity index (χ0) is 21.8. The van der Waals surface area contributed by atoms with Crippen LogP contribution >= 0.6 is 0 Å². The van der Waals surface area contributed by atoms with Gasteiger partial charge in [0.25, 0.3) is 5.88 Å². The molecular weight excluding hydrogens is 392 g/mol. The Bertz CT molecular complexity index is 1080. The number of nitrogens with zero attached hydrogens (tertiary/aromatic N) is 7. The highest BCUT2D eigenvalue weighted by atomic mass is 16.7. The quantitative estimate of drug-likeness (QED) is 0.754. The zero-order valence-corrected chi connectivity index (χ0v) is 18.1. The molecule has 9 heteroatoms. The van der Waals surface area contributed by atoms with Crippen LogP contribution in [0.1, 0.15) is 18.1 Å². The fourth-order valence-electron chi connectivity index (χ4n) is 3.63. The van der Waals surface area contributed by atoms with Gasteiger partial charge in [-0.2, -0.15) is 20.3 Å². The summed E-state index contributed by atoms with van der Waals surface area (Å²) in [7, 11) is 3.82. The van der Waals surface area contributed by atoms with E-state index in [1.54, 1.807) is 11.1 Å². The van der Waals surface area contributed by atoms with Crippen LogP contribution in [0.15, 0.2) is 29.3 Å². The average molecular weight is 419 g/mol. The van der Waals surface area contributed by atoms with Crippen LogP contribution in [0.5, 0.6) is 5.88 Å². The Labute approximate surface area is 182 Å². The van der Waals surface area contributed by atoms with Gasteiger partial charge in [0.1, 0.15) is 0 Å². The molecule has 31 heavy (non-hydrogen) atoms. The minimum Gasteiger partial charge on any atom is -0.353 e. The van der Waals surface area contributed by atoms with Crippen LogP contribution in [0.3, 0.4) is 0 Å². The topological polar surface area (TPSA) is 85.0 Å². The van der Waals surface area contributed by atoms with E-state index in [1.165, 1.54) is 0 Å². The lowest BCUT2D eigenvalue weighted by Gasteiger charge is -2.32. The molecule has 0 spiro atoms. The van der Waals surface area contributed by atoms with Gasteiger partial charge in [-0.25, -0.2) is 0 Å². The van der Waals surface area contributed by atoms with Gasteiger partial charge < -0.3 is 20.0 Å². The maximum absolute atomic E-state index is 9.48. The summed E-state index contributed by atoms with van der Waals surface area (Å²) in [6, 6.07) is 9.76. The number of imidazole rings is 1. The van der Waals surface area contributed by atoms with Crippen LogP contribution < -0.4 is 15.1 Å². The van der Waals surface area contributed by atoms with Crippen molar-refractivity contribution in [2.75, 3.05) is 45.2 Å². The lowest BCUT2D eigenvalue weighted by molar-refractivity contribution is -0.0127. The van der Waals surface area contributed by atoms with Crippen molar-refractivity contribution in [3.05, 3.63) is 35.4 Å². The van der Waals surface area contributed by atoms with E-state index in [-0.39, 0.29) is 0 Å². The number of benzene rings is 1. The third kappa shape index (κ3) is 4.14. The summed E-state index contributed by atoms with van der Waals surface area (Å²) in [5.41, 5.74) is 1.48. The molecule has 0 bridgehead atoms. The molecular formula is C22H26N8O. The van der Waals surface area contributed by atoms with Crippen molar-refractivity contribution < 1.29 is 4.84 Å². The van der Waals surface area contributed by atoms with Crippen molar-refractivity contribution in [2.24, 2.45) is 4.99 Å². The number of anilines is 1. The number of piperazine rings is 1. The first-order valence-corrected chi connectivity index (χ1v) is 10.3. The van der Waals surface area contributed by atoms with Gasteiger partial charge in [-0.05, 0) is 18.6 Å². The number of aromatic nitrogens is 2. The Kier molecular flexibility index (Phi) is 5.96. The molecule has 1 N–H and O–H groups in total. The van der Waals surface area contributed by atoms with Gasteiger partial charge in [-0.3, -0.25) is 4.57 Å². The first-order chi connectivity index (χ1) is 15.1. The van der Waals surface area contributed by atoms with Crippen LogP contribution in [0.4, 0.5) is 11.8 Å². The highest BCUT2D eigenvalue weighted by Gasteiger charge is 2.31. The number of guanidine groups is 1. The van der Waals surface area contributed by atoms with Crippen LogP contribution in [-0.2, 0) is 13.1 Å². The number of nitrogens with one attached hydrogen (secondary N) is 1. The third-order valence-corrected chi connectivity index (χ3v) is 5.17. The number of rotatable bonds is 4. The number of hydrogen-bond acceptors (Lipinski definition) is 8. The molecule has 0 radical (unpaired) electrons. The third-order valence-electron chi connectivity index (χ3n) is 5.17. The second-order valence-corrected chi connectivity index (χ2v) is 7.49. The summed E-state index contributed by atoms with van der Waals surface area (Å²) in [6.07, 6.45) is 0. The van der Waals surface area contributed by atoms with Gasteiger partial charge in [0.2, 0.25) is 17.7 Å². The van der Waals surface area contributed by atoms with Gasteiger partial charge in [0.15, 0.2) is 0 Å². The van der Waals surface area contributed by atoms with Crippen molar-refractivity contribution in [2.45, 2.75) is 20.0 Å². The second kappa shape index (κ2) is 8.99. The van der Waals surface area contributed by atoms with E-state index in [4.69, 9.17) is 14.8 Å². The molecule has 160 valence electrons. The Morgan fingerprint density at radius 3 is 2.71 bits per heavy atom. The second-order valence-electron chi connectivity index (χ2n) is 7.49. The normalized spacial score (nSPS) is 15.2. The number of hydroxylamine groups is 2. The van der Waals surface area contributed by atoms with E-state index >= 15 is 0 Å². The molecule has 0 saturated carbocycles. The minimum absolute atomic E-state index is 0.383. The van der Waals surface area contributed by atoms with E-state index in [0.29, 0.717) is 36.3 Å². The molecule has 0 unspecified atom stereocenters. The Morgan fingerprint density at radius 1 is 1.23 bits per heavy atom. The number of aliphatic imine (C=N–C) groups is 1. The van der Waals surface area contributed by atoms with Crippen LogP contribution in [0.25, 0.3) is 0 Å². The zero-order valence-electron chi connectivity index (χ0n) is 18.1. The minimum atomic E-state index is 0.383. The predicted molar refractivity (Wildman–Crippen MR) is 119 cm³/mol. The van der Waals surface area contributed by atoms with E-state index in [9.17, 15) is 5.26 Å². The van der Waals surface area contributed by atoms with Crippen LogP contribution in [-0.4, -0.2) is 65.7 Å². The molecule has 4 rings (SSSR count). The maximum Gasteiger partial charge on any atom is 0.276 e. The smallest absolute Gasteiger partial charge is 0.276 e.